The van der Waals surface area contributed by atoms with Gasteiger partial charge in [0.05, 0.1) is 6.61 Å². The van der Waals surface area contributed by atoms with Crippen LogP contribution in [0.25, 0.3) is 0 Å². The zero-order valence-corrected chi connectivity index (χ0v) is 18.9. The van der Waals surface area contributed by atoms with E-state index in [4.69, 9.17) is 21.3 Å². The van der Waals surface area contributed by atoms with E-state index in [1.165, 1.54) is 0 Å². The summed E-state index contributed by atoms with van der Waals surface area (Å²) in [4.78, 5) is 31.2. The summed E-state index contributed by atoms with van der Waals surface area (Å²) in [6.45, 7) is 4.06. The van der Waals surface area contributed by atoms with Crippen molar-refractivity contribution in [3.63, 3.8) is 0 Å². The largest absolute Gasteiger partial charge is 0.508 e. The van der Waals surface area contributed by atoms with Crippen LogP contribution in [-0.2, 0) is 14.3 Å². The van der Waals surface area contributed by atoms with E-state index in [1.807, 2.05) is 44.2 Å². The molecular formula is C26H26ClNO4. The predicted molar refractivity (Wildman–Crippen MR) is 124 cm³/mol. The van der Waals surface area contributed by atoms with E-state index < -0.39 is 11.8 Å². The van der Waals surface area contributed by atoms with E-state index in [2.05, 4.69) is 0 Å². The maximum absolute atomic E-state index is 13.5. The number of aliphatic imine (C=N–C) groups is 1. The number of benzene rings is 2. The molecule has 4 rings (SSSR count). The van der Waals surface area contributed by atoms with Gasteiger partial charge in [0.2, 0.25) is 0 Å². The summed E-state index contributed by atoms with van der Waals surface area (Å²) in [5, 5.41) is 10.7. The number of hydrogen-bond acceptors (Lipinski definition) is 5. The summed E-state index contributed by atoms with van der Waals surface area (Å²) in [5.74, 6) is -1.54. The number of allylic oxidation sites excluding steroid dienone is 2. The molecule has 0 spiro atoms. The summed E-state index contributed by atoms with van der Waals surface area (Å²) in [6.07, 6.45) is 1.65. The van der Waals surface area contributed by atoms with Crippen molar-refractivity contribution in [1.29, 1.82) is 0 Å². The maximum atomic E-state index is 13.5. The minimum atomic E-state index is -0.696. The zero-order chi connectivity index (χ0) is 22.8. The van der Waals surface area contributed by atoms with Crippen LogP contribution in [0, 0.1) is 5.92 Å². The molecule has 0 radical (unpaired) electrons. The van der Waals surface area contributed by atoms with Gasteiger partial charge >= 0.3 is 5.97 Å². The molecule has 2 aromatic rings. The Morgan fingerprint density at radius 1 is 1.16 bits per heavy atom. The Balaban J connectivity index is 1.77. The van der Waals surface area contributed by atoms with Crippen molar-refractivity contribution >= 4 is 29.1 Å². The fourth-order valence-electron chi connectivity index (χ4n) is 4.71. The fourth-order valence-corrected chi connectivity index (χ4v) is 4.83. The van der Waals surface area contributed by atoms with Crippen LogP contribution >= 0.6 is 11.6 Å². The van der Waals surface area contributed by atoms with Crippen LogP contribution in [0.4, 0.5) is 0 Å². The third-order valence-electron chi connectivity index (χ3n) is 6.16. The molecule has 0 fully saturated rings. The molecule has 1 N–H and O–H groups in total. The van der Waals surface area contributed by atoms with Crippen LogP contribution in [0.3, 0.4) is 0 Å². The van der Waals surface area contributed by atoms with Crippen LogP contribution in [0.1, 0.15) is 56.1 Å². The van der Waals surface area contributed by atoms with Gasteiger partial charge in [-0.1, -0.05) is 42.8 Å². The van der Waals surface area contributed by atoms with Gasteiger partial charge in [-0.15, -0.1) is 0 Å². The number of hydrogen-bond donors (Lipinski definition) is 1. The topological polar surface area (TPSA) is 76.0 Å². The van der Waals surface area contributed by atoms with Crippen LogP contribution < -0.4 is 0 Å². The zero-order valence-electron chi connectivity index (χ0n) is 18.2. The normalized spacial score (nSPS) is 22.9. The first-order valence-corrected chi connectivity index (χ1v) is 11.3. The van der Waals surface area contributed by atoms with Gasteiger partial charge in [0.15, 0.2) is 5.78 Å². The Kier molecular flexibility index (Phi) is 6.47. The Morgan fingerprint density at radius 3 is 2.59 bits per heavy atom. The van der Waals surface area contributed by atoms with E-state index in [-0.39, 0.29) is 23.4 Å². The molecule has 3 atom stereocenters. The number of ether oxygens (including phenoxy) is 1. The molecule has 2 aliphatic rings. The predicted octanol–water partition coefficient (Wildman–Crippen LogP) is 5.57. The number of ketones is 1. The van der Waals surface area contributed by atoms with Crippen molar-refractivity contribution in [3.8, 4) is 5.75 Å². The number of carbonyl (C=O) groups excluding carboxylic acids is 2. The summed E-state index contributed by atoms with van der Waals surface area (Å²) >= 11 is 6.03. The quantitative estimate of drug-likeness (QED) is 0.602. The number of nitrogens with zero attached hydrogens (tertiary/aromatic N) is 1. The third-order valence-corrected chi connectivity index (χ3v) is 6.41. The summed E-state index contributed by atoms with van der Waals surface area (Å²) in [5.41, 5.74) is 3.66. The average molecular weight is 452 g/mol. The molecule has 5 nitrogen and oxygen atoms in total. The SMILES string of the molecule is CCCOC(=O)C1C(C)=NC2=C(C(=O)CC(c3ccc(Cl)cc3)C2)C1c1cccc(O)c1. The number of halogens is 1. The second kappa shape index (κ2) is 9.29. The molecule has 0 saturated carbocycles. The number of phenolic OH excluding ortho intramolecular Hbond substituents is 1. The number of Topliss-reactive ketones (excluding diaryl/α,β-unsaturated/α-hetero) is 1. The summed E-state index contributed by atoms with van der Waals surface area (Å²) in [7, 11) is 0. The molecule has 0 bridgehead atoms. The second-order valence-electron chi connectivity index (χ2n) is 8.41. The molecule has 1 aliphatic heterocycles. The highest BCUT2D eigenvalue weighted by atomic mass is 35.5. The molecule has 1 heterocycles. The van der Waals surface area contributed by atoms with Crippen molar-refractivity contribution in [2.24, 2.45) is 10.9 Å². The number of esters is 1. The van der Waals surface area contributed by atoms with Gasteiger partial charge < -0.3 is 9.84 Å². The van der Waals surface area contributed by atoms with Crippen molar-refractivity contribution in [3.05, 3.63) is 76.0 Å². The summed E-state index contributed by atoms with van der Waals surface area (Å²) in [6, 6.07) is 14.3. The van der Waals surface area contributed by atoms with E-state index in [0.717, 1.165) is 5.56 Å². The Hall–Kier alpha value is -2.92. The Labute approximate surface area is 192 Å². The van der Waals surface area contributed by atoms with Gasteiger partial charge in [-0.05, 0) is 61.1 Å². The summed E-state index contributed by atoms with van der Waals surface area (Å²) < 4.78 is 5.47. The molecule has 6 heteroatoms. The van der Waals surface area contributed by atoms with Crippen molar-refractivity contribution in [1.82, 2.24) is 0 Å². The van der Waals surface area contributed by atoms with Gasteiger partial charge in [-0.25, -0.2) is 0 Å². The van der Waals surface area contributed by atoms with Gasteiger partial charge in [0, 0.05) is 34.3 Å². The minimum Gasteiger partial charge on any atom is -0.508 e. The molecule has 32 heavy (non-hydrogen) atoms. The number of rotatable bonds is 5. The molecule has 2 aromatic carbocycles. The van der Waals surface area contributed by atoms with Gasteiger partial charge in [0.25, 0.3) is 0 Å². The third kappa shape index (κ3) is 4.35. The molecule has 3 unspecified atom stereocenters. The number of phenols is 1. The van der Waals surface area contributed by atoms with Crippen LogP contribution in [0.15, 0.2) is 64.8 Å². The average Bonchev–Trinajstić information content (AvgIpc) is 2.76. The van der Waals surface area contributed by atoms with E-state index in [0.29, 0.717) is 53.4 Å². The van der Waals surface area contributed by atoms with Crippen molar-refractivity contribution in [2.45, 2.75) is 44.9 Å². The standard InChI is InChI=1S/C26H26ClNO4/c1-3-11-32-26(31)23-15(2)28-21-13-18(16-7-9-19(27)10-8-16)14-22(30)25(21)24(23)17-5-4-6-20(29)12-17/h4-10,12,18,23-24,29H,3,11,13-14H2,1-2H3. The van der Waals surface area contributed by atoms with Crippen LogP contribution in [0.2, 0.25) is 5.02 Å². The van der Waals surface area contributed by atoms with E-state index in [9.17, 15) is 14.7 Å². The fraction of sp³-hybridized carbons (Fsp3) is 0.346. The lowest BCUT2D eigenvalue weighted by atomic mass is 9.69. The lowest BCUT2D eigenvalue weighted by Gasteiger charge is -2.36. The van der Waals surface area contributed by atoms with E-state index >= 15 is 0 Å². The number of aromatic hydroxyl groups is 1. The highest BCUT2D eigenvalue weighted by Gasteiger charge is 2.44. The monoisotopic (exact) mass is 451 g/mol. The lowest BCUT2D eigenvalue weighted by molar-refractivity contribution is -0.146. The smallest absolute Gasteiger partial charge is 0.315 e. The van der Waals surface area contributed by atoms with Gasteiger partial charge in [0.1, 0.15) is 11.7 Å². The molecule has 0 aromatic heterocycles. The highest BCUT2D eigenvalue weighted by molar-refractivity contribution is 6.30. The van der Waals surface area contributed by atoms with Gasteiger partial charge in [-0.3, -0.25) is 14.6 Å². The Morgan fingerprint density at radius 2 is 1.91 bits per heavy atom. The Bertz CT molecular complexity index is 1100. The minimum absolute atomic E-state index is 0.00323. The molecule has 0 amide bonds. The first kappa shape index (κ1) is 22.3. The second-order valence-corrected chi connectivity index (χ2v) is 8.85. The molecule has 1 aliphatic carbocycles. The van der Waals surface area contributed by atoms with E-state index in [1.54, 1.807) is 18.2 Å². The van der Waals surface area contributed by atoms with Crippen LogP contribution in [0.5, 0.6) is 5.75 Å². The van der Waals surface area contributed by atoms with Crippen molar-refractivity contribution < 1.29 is 19.4 Å². The molecular weight excluding hydrogens is 426 g/mol. The lowest BCUT2D eigenvalue weighted by Crippen LogP contribution is -2.38. The number of carbonyl (C=O) groups is 2. The maximum Gasteiger partial charge on any atom is 0.315 e. The first-order chi connectivity index (χ1) is 15.4. The first-order valence-electron chi connectivity index (χ1n) is 10.9. The highest BCUT2D eigenvalue weighted by Crippen LogP contribution is 2.47. The van der Waals surface area contributed by atoms with Gasteiger partial charge in [-0.2, -0.15) is 0 Å². The molecule has 166 valence electrons. The van der Waals surface area contributed by atoms with Crippen LogP contribution in [-0.4, -0.2) is 29.2 Å². The van der Waals surface area contributed by atoms with Crippen molar-refractivity contribution in [2.75, 3.05) is 6.61 Å². The molecule has 0 saturated heterocycles.